The summed E-state index contributed by atoms with van der Waals surface area (Å²) in [5.74, 6) is -0.0799. The first-order chi connectivity index (χ1) is 15.0. The highest BCUT2D eigenvalue weighted by molar-refractivity contribution is 7.92. The third-order valence-corrected chi connectivity index (χ3v) is 6.94. The smallest absolute Gasteiger partial charge is 0.261 e. The number of sulfonamides is 1. The molecule has 4 rings (SSSR count). The predicted octanol–water partition coefficient (Wildman–Crippen LogP) is 4.64. The molecule has 3 aromatic rings. The van der Waals surface area contributed by atoms with Gasteiger partial charge in [0.05, 0.1) is 10.9 Å². The number of nitrogens with zero attached hydrogens (tertiary/aromatic N) is 2. The zero-order chi connectivity index (χ0) is 21.7. The zero-order valence-electron chi connectivity index (χ0n) is 17.1. The maximum Gasteiger partial charge on any atom is 0.261 e. The van der Waals surface area contributed by atoms with Gasteiger partial charge in [-0.2, -0.15) is 0 Å². The molecule has 2 aromatic carbocycles. The fraction of sp³-hybridized carbons (Fsp3) is 0.250. The molecule has 1 unspecified atom stereocenters. The number of rotatable bonds is 5. The Balaban J connectivity index is 1.55. The second-order valence-electron chi connectivity index (χ2n) is 7.64. The molecule has 31 heavy (non-hydrogen) atoms. The number of hydrogen-bond acceptors (Lipinski definition) is 4. The summed E-state index contributed by atoms with van der Waals surface area (Å²) >= 11 is 0. The molecule has 1 saturated heterocycles. The number of anilines is 1. The molecule has 7 heteroatoms. The minimum atomic E-state index is -3.72. The largest absolute Gasteiger partial charge is 0.332 e. The summed E-state index contributed by atoms with van der Waals surface area (Å²) in [5.41, 5.74) is 2.06. The van der Waals surface area contributed by atoms with Gasteiger partial charge in [0.15, 0.2) is 0 Å². The lowest BCUT2D eigenvalue weighted by Crippen LogP contribution is -2.34. The van der Waals surface area contributed by atoms with Gasteiger partial charge < -0.3 is 4.90 Å². The van der Waals surface area contributed by atoms with Crippen LogP contribution >= 0.6 is 0 Å². The van der Waals surface area contributed by atoms with Gasteiger partial charge in [0.25, 0.3) is 15.9 Å². The molecule has 1 aliphatic heterocycles. The number of pyridine rings is 1. The van der Waals surface area contributed by atoms with Crippen LogP contribution in [0.25, 0.3) is 0 Å². The Morgan fingerprint density at radius 2 is 1.61 bits per heavy atom. The molecule has 0 aliphatic carbocycles. The standard InChI is InChI=1S/C24H25N3O3S/c28-24(27-18-6-2-5-9-23(27)19-14-16-25-17-15-19)20-10-12-22(13-11-20)31(29,30)26-21-7-3-1-4-8-21/h1,3-4,7-8,10-17,23,26H,2,5-6,9,18H2. The topological polar surface area (TPSA) is 79.4 Å². The van der Waals surface area contributed by atoms with Crippen molar-refractivity contribution in [3.63, 3.8) is 0 Å². The van der Waals surface area contributed by atoms with Crippen LogP contribution in [0.3, 0.4) is 0 Å². The van der Waals surface area contributed by atoms with E-state index in [4.69, 9.17) is 0 Å². The fourth-order valence-electron chi connectivity index (χ4n) is 3.95. The van der Waals surface area contributed by atoms with Crippen molar-refractivity contribution in [1.82, 2.24) is 9.88 Å². The van der Waals surface area contributed by atoms with E-state index in [1.54, 1.807) is 48.8 Å². The number of carbonyl (C=O) groups excluding carboxylic acids is 1. The summed E-state index contributed by atoms with van der Waals surface area (Å²) < 4.78 is 27.9. The molecule has 0 radical (unpaired) electrons. The van der Waals surface area contributed by atoms with Gasteiger partial charge in [-0.1, -0.05) is 31.0 Å². The van der Waals surface area contributed by atoms with Crippen LogP contribution in [0, 0.1) is 0 Å². The number of aromatic nitrogens is 1. The molecule has 1 aliphatic rings. The Labute approximate surface area is 183 Å². The summed E-state index contributed by atoms with van der Waals surface area (Å²) in [6, 6.07) is 18.8. The van der Waals surface area contributed by atoms with Gasteiger partial charge >= 0.3 is 0 Å². The molecule has 1 amide bonds. The predicted molar refractivity (Wildman–Crippen MR) is 120 cm³/mol. The Morgan fingerprint density at radius 3 is 2.32 bits per heavy atom. The van der Waals surface area contributed by atoms with Crippen molar-refractivity contribution in [3.05, 3.63) is 90.3 Å². The van der Waals surface area contributed by atoms with E-state index in [0.717, 1.165) is 31.2 Å². The quantitative estimate of drug-likeness (QED) is 0.633. The summed E-state index contributed by atoms with van der Waals surface area (Å²) in [6.07, 6.45) is 7.53. The molecule has 1 fully saturated rings. The zero-order valence-corrected chi connectivity index (χ0v) is 18.0. The maximum absolute atomic E-state index is 13.3. The number of amides is 1. The average Bonchev–Trinajstić information content (AvgIpc) is 3.06. The molecule has 1 atom stereocenters. The lowest BCUT2D eigenvalue weighted by atomic mass is 10.0. The number of likely N-dealkylation sites (tertiary alicyclic amines) is 1. The van der Waals surface area contributed by atoms with Gasteiger partial charge in [-0.05, 0) is 66.9 Å². The molecule has 0 spiro atoms. The van der Waals surface area contributed by atoms with E-state index in [1.165, 1.54) is 12.1 Å². The van der Waals surface area contributed by atoms with Crippen molar-refractivity contribution in [2.24, 2.45) is 0 Å². The van der Waals surface area contributed by atoms with Gasteiger partial charge in [-0.15, -0.1) is 0 Å². The van der Waals surface area contributed by atoms with Gasteiger partial charge in [0, 0.05) is 30.2 Å². The third kappa shape index (κ3) is 4.94. The van der Waals surface area contributed by atoms with Crippen molar-refractivity contribution < 1.29 is 13.2 Å². The van der Waals surface area contributed by atoms with Crippen LogP contribution in [0.15, 0.2) is 84.0 Å². The van der Waals surface area contributed by atoms with Crippen LogP contribution in [0.1, 0.15) is 47.6 Å². The van der Waals surface area contributed by atoms with Crippen LogP contribution in [0.5, 0.6) is 0 Å². The minimum absolute atomic E-state index is 0.00107. The molecular weight excluding hydrogens is 410 g/mol. The highest BCUT2D eigenvalue weighted by Crippen LogP contribution is 2.31. The van der Waals surface area contributed by atoms with Crippen LogP contribution in [0.2, 0.25) is 0 Å². The summed E-state index contributed by atoms with van der Waals surface area (Å²) in [6.45, 7) is 0.682. The monoisotopic (exact) mass is 435 g/mol. The molecular formula is C24H25N3O3S. The molecule has 1 N–H and O–H groups in total. The van der Waals surface area contributed by atoms with E-state index >= 15 is 0 Å². The normalized spacial score (nSPS) is 17.0. The second kappa shape index (κ2) is 9.31. The first-order valence-corrected chi connectivity index (χ1v) is 11.9. The number of benzene rings is 2. The summed E-state index contributed by atoms with van der Waals surface area (Å²) in [4.78, 5) is 19.5. The third-order valence-electron chi connectivity index (χ3n) is 5.54. The molecule has 1 aromatic heterocycles. The Hall–Kier alpha value is -3.19. The van der Waals surface area contributed by atoms with Crippen molar-refractivity contribution in [1.29, 1.82) is 0 Å². The first-order valence-electron chi connectivity index (χ1n) is 10.4. The summed E-state index contributed by atoms with van der Waals surface area (Å²) in [7, 11) is -3.72. The van der Waals surface area contributed by atoms with Crippen LogP contribution < -0.4 is 4.72 Å². The molecule has 160 valence electrons. The number of para-hydroxylation sites is 1. The maximum atomic E-state index is 13.3. The van der Waals surface area contributed by atoms with E-state index < -0.39 is 10.0 Å². The minimum Gasteiger partial charge on any atom is -0.332 e. The lowest BCUT2D eigenvalue weighted by Gasteiger charge is -2.30. The van der Waals surface area contributed by atoms with Crippen LogP contribution in [-0.2, 0) is 10.0 Å². The Morgan fingerprint density at radius 1 is 0.903 bits per heavy atom. The fourth-order valence-corrected chi connectivity index (χ4v) is 5.00. The van der Waals surface area contributed by atoms with Gasteiger partial charge in [-0.25, -0.2) is 8.42 Å². The van der Waals surface area contributed by atoms with Gasteiger partial charge in [0.2, 0.25) is 0 Å². The van der Waals surface area contributed by atoms with Crippen molar-refractivity contribution in [2.75, 3.05) is 11.3 Å². The number of nitrogens with one attached hydrogen (secondary N) is 1. The van der Waals surface area contributed by atoms with Crippen LogP contribution in [-0.4, -0.2) is 30.8 Å². The number of carbonyl (C=O) groups is 1. The molecule has 6 nitrogen and oxygen atoms in total. The van der Waals surface area contributed by atoms with E-state index in [1.807, 2.05) is 23.1 Å². The van der Waals surface area contributed by atoms with Gasteiger partial charge in [-0.3, -0.25) is 14.5 Å². The van der Waals surface area contributed by atoms with E-state index in [9.17, 15) is 13.2 Å². The molecule has 2 heterocycles. The lowest BCUT2D eigenvalue weighted by molar-refractivity contribution is 0.0680. The van der Waals surface area contributed by atoms with E-state index in [2.05, 4.69) is 9.71 Å². The van der Waals surface area contributed by atoms with Crippen molar-refractivity contribution in [3.8, 4) is 0 Å². The Bertz CT molecular complexity index is 1120. The first kappa shape index (κ1) is 21.1. The highest BCUT2D eigenvalue weighted by atomic mass is 32.2. The molecule has 0 saturated carbocycles. The highest BCUT2D eigenvalue weighted by Gasteiger charge is 2.28. The Kier molecular flexibility index (Phi) is 6.32. The van der Waals surface area contributed by atoms with E-state index in [-0.39, 0.29) is 16.8 Å². The van der Waals surface area contributed by atoms with Crippen LogP contribution in [0.4, 0.5) is 5.69 Å². The molecule has 0 bridgehead atoms. The summed E-state index contributed by atoms with van der Waals surface area (Å²) in [5, 5.41) is 0. The number of hydrogen-bond donors (Lipinski definition) is 1. The van der Waals surface area contributed by atoms with Gasteiger partial charge in [0.1, 0.15) is 0 Å². The van der Waals surface area contributed by atoms with Crippen molar-refractivity contribution in [2.45, 2.75) is 36.6 Å². The second-order valence-corrected chi connectivity index (χ2v) is 9.32. The SMILES string of the molecule is O=C(c1ccc(S(=O)(=O)Nc2ccccc2)cc1)N1CCCCCC1c1ccncc1. The van der Waals surface area contributed by atoms with Crippen molar-refractivity contribution >= 4 is 21.6 Å². The average molecular weight is 436 g/mol. The van der Waals surface area contributed by atoms with E-state index in [0.29, 0.717) is 17.8 Å².